The summed E-state index contributed by atoms with van der Waals surface area (Å²) in [6, 6.07) is 0. The summed E-state index contributed by atoms with van der Waals surface area (Å²) in [6.45, 7) is 2.20. The standard InChI is InChI=1S/C11H24N2O/c1-5-6-7-8-9-10-11(14)13(4)12(2)3/h5-10H2,1-4H3. The molecule has 3 heteroatoms. The molecule has 0 saturated heterocycles. The van der Waals surface area contributed by atoms with Crippen molar-refractivity contribution in [2.75, 3.05) is 21.1 Å². The Kier molecular flexibility index (Phi) is 7.48. The Morgan fingerprint density at radius 2 is 1.57 bits per heavy atom. The fourth-order valence-corrected chi connectivity index (χ4v) is 1.26. The van der Waals surface area contributed by atoms with E-state index in [4.69, 9.17) is 0 Å². The van der Waals surface area contributed by atoms with Crippen molar-refractivity contribution in [2.45, 2.75) is 45.4 Å². The molecule has 0 bridgehead atoms. The second-order valence-corrected chi connectivity index (χ2v) is 3.93. The van der Waals surface area contributed by atoms with Crippen molar-refractivity contribution in [1.82, 2.24) is 10.0 Å². The molecule has 0 aromatic carbocycles. The normalized spacial score (nSPS) is 10.6. The van der Waals surface area contributed by atoms with Crippen LogP contribution in [0.2, 0.25) is 0 Å². The first-order valence-electron chi connectivity index (χ1n) is 5.53. The molecule has 0 aromatic heterocycles. The van der Waals surface area contributed by atoms with Gasteiger partial charge in [0.05, 0.1) is 0 Å². The first kappa shape index (κ1) is 13.4. The Labute approximate surface area is 88.0 Å². The molecule has 0 fully saturated rings. The predicted octanol–water partition coefficient (Wildman–Crippen LogP) is 2.28. The fraction of sp³-hybridized carbons (Fsp3) is 0.909. The average Bonchev–Trinajstić information content (AvgIpc) is 2.16. The highest BCUT2D eigenvalue weighted by Crippen LogP contribution is 2.06. The minimum Gasteiger partial charge on any atom is -0.279 e. The second kappa shape index (κ2) is 7.80. The van der Waals surface area contributed by atoms with E-state index in [1.165, 1.54) is 25.7 Å². The summed E-state index contributed by atoms with van der Waals surface area (Å²) in [4.78, 5) is 11.5. The zero-order chi connectivity index (χ0) is 11.0. The van der Waals surface area contributed by atoms with Gasteiger partial charge < -0.3 is 0 Å². The second-order valence-electron chi connectivity index (χ2n) is 3.93. The minimum absolute atomic E-state index is 0.214. The molecule has 1 amide bonds. The van der Waals surface area contributed by atoms with Gasteiger partial charge in [-0.25, -0.2) is 5.01 Å². The lowest BCUT2D eigenvalue weighted by molar-refractivity contribution is -0.141. The van der Waals surface area contributed by atoms with E-state index >= 15 is 0 Å². The first-order valence-corrected chi connectivity index (χ1v) is 5.53. The summed E-state index contributed by atoms with van der Waals surface area (Å²) in [5, 5.41) is 3.48. The lowest BCUT2D eigenvalue weighted by atomic mass is 10.1. The van der Waals surface area contributed by atoms with Gasteiger partial charge in [0.2, 0.25) is 5.91 Å². The van der Waals surface area contributed by atoms with Gasteiger partial charge in [-0.15, -0.1) is 0 Å². The quantitative estimate of drug-likeness (QED) is 0.465. The van der Waals surface area contributed by atoms with Crippen LogP contribution in [-0.4, -0.2) is 37.1 Å². The summed E-state index contributed by atoms with van der Waals surface area (Å²) in [5.41, 5.74) is 0. The van der Waals surface area contributed by atoms with Gasteiger partial charge in [0.1, 0.15) is 0 Å². The summed E-state index contributed by atoms with van der Waals surface area (Å²) >= 11 is 0. The number of nitrogens with zero attached hydrogens (tertiary/aromatic N) is 2. The van der Waals surface area contributed by atoms with Crippen LogP contribution in [-0.2, 0) is 4.79 Å². The smallest absolute Gasteiger partial charge is 0.236 e. The highest BCUT2D eigenvalue weighted by atomic mass is 16.2. The molecule has 0 aliphatic rings. The Morgan fingerprint density at radius 3 is 2.07 bits per heavy atom. The van der Waals surface area contributed by atoms with Gasteiger partial charge in [0.25, 0.3) is 0 Å². The van der Waals surface area contributed by atoms with E-state index in [0.717, 1.165) is 6.42 Å². The maximum Gasteiger partial charge on any atom is 0.236 e. The number of hydrazine groups is 1. The van der Waals surface area contributed by atoms with Crippen LogP contribution in [0.15, 0.2) is 0 Å². The predicted molar refractivity (Wildman–Crippen MR) is 59.8 cm³/mol. The number of carbonyl (C=O) groups excluding carboxylic acids is 1. The van der Waals surface area contributed by atoms with Gasteiger partial charge in [-0.2, -0.15) is 0 Å². The van der Waals surface area contributed by atoms with E-state index in [9.17, 15) is 4.79 Å². The number of carbonyl (C=O) groups is 1. The summed E-state index contributed by atoms with van der Waals surface area (Å²) in [7, 11) is 5.58. The van der Waals surface area contributed by atoms with E-state index < -0.39 is 0 Å². The van der Waals surface area contributed by atoms with Gasteiger partial charge in [-0.3, -0.25) is 9.80 Å². The number of amides is 1. The molecule has 0 radical (unpaired) electrons. The van der Waals surface area contributed by atoms with E-state index in [1.54, 1.807) is 5.01 Å². The monoisotopic (exact) mass is 200 g/mol. The Bertz CT molecular complexity index is 157. The maximum atomic E-state index is 11.5. The van der Waals surface area contributed by atoms with Crippen LogP contribution in [0, 0.1) is 0 Å². The summed E-state index contributed by atoms with van der Waals surface area (Å²) in [5.74, 6) is 0.214. The first-order chi connectivity index (χ1) is 6.59. The third-order valence-corrected chi connectivity index (χ3v) is 2.46. The molecule has 0 heterocycles. The topological polar surface area (TPSA) is 23.6 Å². The third-order valence-electron chi connectivity index (χ3n) is 2.46. The van der Waals surface area contributed by atoms with Crippen LogP contribution in [0.5, 0.6) is 0 Å². The van der Waals surface area contributed by atoms with Crippen molar-refractivity contribution in [1.29, 1.82) is 0 Å². The molecule has 0 N–H and O–H groups in total. The zero-order valence-electron chi connectivity index (χ0n) is 10.0. The largest absolute Gasteiger partial charge is 0.279 e. The van der Waals surface area contributed by atoms with Crippen LogP contribution < -0.4 is 0 Å². The van der Waals surface area contributed by atoms with Crippen molar-refractivity contribution < 1.29 is 4.79 Å². The van der Waals surface area contributed by atoms with Crippen molar-refractivity contribution in [2.24, 2.45) is 0 Å². The van der Waals surface area contributed by atoms with Gasteiger partial charge >= 0.3 is 0 Å². The average molecular weight is 200 g/mol. The highest BCUT2D eigenvalue weighted by molar-refractivity contribution is 5.75. The van der Waals surface area contributed by atoms with Gasteiger partial charge in [0, 0.05) is 27.6 Å². The Hall–Kier alpha value is -0.570. The molecule has 84 valence electrons. The molecular weight excluding hydrogens is 176 g/mol. The van der Waals surface area contributed by atoms with Crippen LogP contribution in [0.4, 0.5) is 0 Å². The third kappa shape index (κ3) is 5.97. The van der Waals surface area contributed by atoms with Crippen molar-refractivity contribution in [3.05, 3.63) is 0 Å². The van der Waals surface area contributed by atoms with E-state index in [1.807, 2.05) is 26.2 Å². The molecule has 0 aromatic rings. The lowest BCUT2D eigenvalue weighted by Crippen LogP contribution is -2.38. The van der Waals surface area contributed by atoms with Gasteiger partial charge in [-0.05, 0) is 6.42 Å². The molecule has 14 heavy (non-hydrogen) atoms. The van der Waals surface area contributed by atoms with Crippen molar-refractivity contribution >= 4 is 5.91 Å². The molecule has 0 atom stereocenters. The molecule has 0 saturated carbocycles. The van der Waals surface area contributed by atoms with Crippen LogP contribution in [0.25, 0.3) is 0 Å². The van der Waals surface area contributed by atoms with Crippen LogP contribution in [0.1, 0.15) is 45.4 Å². The maximum absolute atomic E-state index is 11.5. The molecule has 0 aliphatic heterocycles. The minimum atomic E-state index is 0.214. The SMILES string of the molecule is CCCCCCCC(=O)N(C)N(C)C. The van der Waals surface area contributed by atoms with Crippen LogP contribution in [0.3, 0.4) is 0 Å². The number of hydrogen-bond acceptors (Lipinski definition) is 2. The Balaban J connectivity index is 3.44. The van der Waals surface area contributed by atoms with E-state index in [2.05, 4.69) is 6.92 Å². The molecule has 0 spiro atoms. The van der Waals surface area contributed by atoms with Crippen LogP contribution >= 0.6 is 0 Å². The molecule has 0 unspecified atom stereocenters. The van der Waals surface area contributed by atoms with E-state index in [0.29, 0.717) is 6.42 Å². The Morgan fingerprint density at radius 1 is 1.00 bits per heavy atom. The molecule has 0 aliphatic carbocycles. The van der Waals surface area contributed by atoms with E-state index in [-0.39, 0.29) is 5.91 Å². The molecular formula is C11H24N2O. The summed E-state index contributed by atoms with van der Waals surface area (Å²) in [6.07, 6.45) is 6.69. The fourth-order valence-electron chi connectivity index (χ4n) is 1.26. The lowest BCUT2D eigenvalue weighted by Gasteiger charge is -2.24. The highest BCUT2D eigenvalue weighted by Gasteiger charge is 2.09. The number of rotatable bonds is 7. The molecule has 3 nitrogen and oxygen atoms in total. The summed E-state index contributed by atoms with van der Waals surface area (Å²) < 4.78 is 0. The number of unbranched alkanes of at least 4 members (excludes halogenated alkanes) is 4. The van der Waals surface area contributed by atoms with Crippen molar-refractivity contribution in [3.63, 3.8) is 0 Å². The van der Waals surface area contributed by atoms with Gasteiger partial charge in [0.15, 0.2) is 0 Å². The zero-order valence-corrected chi connectivity index (χ0v) is 10.0. The van der Waals surface area contributed by atoms with Crippen molar-refractivity contribution in [3.8, 4) is 0 Å². The number of hydrogen-bond donors (Lipinski definition) is 0. The van der Waals surface area contributed by atoms with Gasteiger partial charge in [-0.1, -0.05) is 32.6 Å². The molecule has 0 rings (SSSR count).